The normalized spacial score (nSPS) is 14.1. The van der Waals surface area contributed by atoms with Crippen molar-refractivity contribution in [3.8, 4) is 0 Å². The van der Waals surface area contributed by atoms with Gasteiger partial charge in [0.2, 0.25) is 5.95 Å². The van der Waals surface area contributed by atoms with E-state index in [1.807, 2.05) is 47.7 Å². The van der Waals surface area contributed by atoms with Crippen LogP contribution in [-0.4, -0.2) is 66.7 Å². The molecule has 0 radical (unpaired) electrons. The molecule has 0 spiro atoms. The van der Waals surface area contributed by atoms with Crippen LogP contribution in [0.3, 0.4) is 0 Å². The lowest BCUT2D eigenvalue weighted by Gasteiger charge is -2.22. The van der Waals surface area contributed by atoms with Crippen molar-refractivity contribution in [3.63, 3.8) is 0 Å². The molecule has 40 heavy (non-hydrogen) atoms. The van der Waals surface area contributed by atoms with Gasteiger partial charge in [-0.25, -0.2) is 9.97 Å². The molecule has 4 N–H and O–H groups in total. The Bertz CT molecular complexity index is 1260. The number of benzene rings is 1. The maximum atomic E-state index is 4.75. The minimum atomic E-state index is 0.519. The van der Waals surface area contributed by atoms with Gasteiger partial charge in [-0.1, -0.05) is 36.6 Å². The molecule has 0 atom stereocenters. The van der Waals surface area contributed by atoms with Crippen LogP contribution in [-0.2, 0) is 19.6 Å². The SMILES string of the molecule is c1ccc2c(NCCCn3ccnc3)nc(NCc3cn(CCCNCCCNC4CCCCC4)nn3)nc2c1. The van der Waals surface area contributed by atoms with Gasteiger partial charge >= 0.3 is 0 Å². The number of hydrogen-bond acceptors (Lipinski definition) is 9. The third kappa shape index (κ3) is 8.72. The third-order valence-electron chi connectivity index (χ3n) is 7.37. The fourth-order valence-electron chi connectivity index (χ4n) is 5.19. The second-order valence-corrected chi connectivity index (χ2v) is 10.6. The Morgan fingerprint density at radius 3 is 2.65 bits per heavy atom. The smallest absolute Gasteiger partial charge is 0.225 e. The van der Waals surface area contributed by atoms with Crippen LogP contribution in [0, 0.1) is 0 Å². The zero-order valence-electron chi connectivity index (χ0n) is 23.4. The van der Waals surface area contributed by atoms with E-state index in [1.54, 1.807) is 6.20 Å². The van der Waals surface area contributed by atoms with E-state index in [9.17, 15) is 0 Å². The quantitative estimate of drug-likeness (QED) is 0.147. The highest BCUT2D eigenvalue weighted by Crippen LogP contribution is 2.22. The van der Waals surface area contributed by atoms with Crippen LogP contribution in [0.15, 0.2) is 49.2 Å². The fraction of sp³-hybridized carbons (Fsp3) is 0.552. The van der Waals surface area contributed by atoms with E-state index in [0.717, 1.165) is 80.6 Å². The first-order chi connectivity index (χ1) is 19.8. The molecule has 0 unspecified atom stereocenters. The molecule has 3 heterocycles. The Morgan fingerprint density at radius 2 is 1.75 bits per heavy atom. The number of aromatic nitrogens is 7. The summed E-state index contributed by atoms with van der Waals surface area (Å²) in [6.45, 7) is 6.23. The van der Waals surface area contributed by atoms with Gasteiger partial charge in [0.15, 0.2) is 0 Å². The molecule has 1 aromatic carbocycles. The van der Waals surface area contributed by atoms with Gasteiger partial charge in [-0.05, 0) is 63.9 Å². The van der Waals surface area contributed by atoms with E-state index in [1.165, 1.54) is 38.5 Å². The first-order valence-corrected chi connectivity index (χ1v) is 14.9. The Balaban J connectivity index is 1.01. The zero-order valence-corrected chi connectivity index (χ0v) is 23.4. The molecule has 3 aromatic heterocycles. The lowest BCUT2D eigenvalue weighted by Crippen LogP contribution is -2.33. The maximum absolute atomic E-state index is 4.75. The van der Waals surface area contributed by atoms with E-state index < -0.39 is 0 Å². The van der Waals surface area contributed by atoms with E-state index >= 15 is 0 Å². The summed E-state index contributed by atoms with van der Waals surface area (Å²) in [4.78, 5) is 13.6. The van der Waals surface area contributed by atoms with Crippen molar-refractivity contribution in [2.45, 2.75) is 77.0 Å². The topological polar surface area (TPSA) is 122 Å². The number of rotatable bonds is 17. The molecule has 5 rings (SSSR count). The number of aryl methyl sites for hydroxylation is 2. The fourth-order valence-corrected chi connectivity index (χ4v) is 5.19. The van der Waals surface area contributed by atoms with Gasteiger partial charge in [0.1, 0.15) is 11.5 Å². The Kier molecular flexibility index (Phi) is 10.7. The molecule has 1 saturated carbocycles. The average Bonchev–Trinajstić information content (AvgIpc) is 3.68. The van der Waals surface area contributed by atoms with E-state index in [2.05, 4.69) is 41.1 Å². The largest absolute Gasteiger partial charge is 0.369 e. The van der Waals surface area contributed by atoms with E-state index in [4.69, 9.17) is 9.97 Å². The first-order valence-electron chi connectivity index (χ1n) is 14.9. The zero-order chi connectivity index (χ0) is 27.2. The minimum Gasteiger partial charge on any atom is -0.369 e. The summed E-state index contributed by atoms with van der Waals surface area (Å²) in [5.41, 5.74) is 1.77. The highest BCUT2D eigenvalue weighted by atomic mass is 15.4. The van der Waals surface area contributed by atoms with Gasteiger partial charge in [0, 0.05) is 43.5 Å². The lowest BCUT2D eigenvalue weighted by molar-refractivity contribution is 0.371. The molecule has 1 aliphatic carbocycles. The Labute approximate surface area is 236 Å². The van der Waals surface area contributed by atoms with Crippen LogP contribution < -0.4 is 21.3 Å². The van der Waals surface area contributed by atoms with Gasteiger partial charge in [0.05, 0.1) is 24.6 Å². The van der Waals surface area contributed by atoms with E-state index in [0.29, 0.717) is 12.5 Å². The predicted octanol–water partition coefficient (Wildman–Crippen LogP) is 3.82. The molecule has 11 heteroatoms. The summed E-state index contributed by atoms with van der Waals surface area (Å²) < 4.78 is 3.99. The molecule has 0 amide bonds. The molecule has 11 nitrogen and oxygen atoms in total. The highest BCUT2D eigenvalue weighted by Gasteiger charge is 2.12. The second kappa shape index (κ2) is 15.3. The van der Waals surface area contributed by atoms with Crippen molar-refractivity contribution in [3.05, 3.63) is 54.9 Å². The van der Waals surface area contributed by atoms with Crippen LogP contribution in [0.5, 0.6) is 0 Å². The molecule has 214 valence electrons. The van der Waals surface area contributed by atoms with Gasteiger partial charge in [-0.15, -0.1) is 5.10 Å². The lowest BCUT2D eigenvalue weighted by atomic mass is 9.95. The number of anilines is 2. The van der Waals surface area contributed by atoms with Crippen LogP contribution >= 0.6 is 0 Å². The van der Waals surface area contributed by atoms with Crippen LogP contribution in [0.25, 0.3) is 10.9 Å². The molecule has 4 aromatic rings. The Hall–Kier alpha value is -3.57. The van der Waals surface area contributed by atoms with Crippen molar-refractivity contribution in [2.75, 3.05) is 36.8 Å². The first kappa shape index (κ1) is 28.0. The van der Waals surface area contributed by atoms with Gasteiger partial charge < -0.3 is 25.8 Å². The summed E-state index contributed by atoms with van der Waals surface area (Å²) in [6, 6.07) is 8.82. The molecular weight excluding hydrogens is 502 g/mol. The molecule has 0 bridgehead atoms. The number of hydrogen-bond donors (Lipinski definition) is 4. The van der Waals surface area contributed by atoms with Crippen LogP contribution in [0.4, 0.5) is 11.8 Å². The number of nitrogens with zero attached hydrogens (tertiary/aromatic N) is 7. The molecule has 0 saturated heterocycles. The minimum absolute atomic E-state index is 0.519. The number of fused-ring (bicyclic) bond motifs is 1. The standard InChI is InChI=1S/C29H43N11/c1-2-9-24(10-3-1)32-15-6-13-30-14-7-19-40-22-25(37-38-40)21-34-29-35-27-12-5-4-11-26(27)28(36-29)33-16-8-18-39-20-17-31-23-39/h4-5,11-12,17,20,22-24,30,32H,1-3,6-10,13-16,18-19,21H2,(H2,33,34,35,36). The Morgan fingerprint density at radius 1 is 0.875 bits per heavy atom. The summed E-state index contributed by atoms with van der Waals surface area (Å²) in [5.74, 6) is 1.41. The van der Waals surface area contributed by atoms with Gasteiger partial charge in [-0.3, -0.25) is 4.68 Å². The highest BCUT2D eigenvalue weighted by molar-refractivity contribution is 5.90. The average molecular weight is 546 g/mol. The van der Waals surface area contributed by atoms with Gasteiger partial charge in [0.25, 0.3) is 0 Å². The van der Waals surface area contributed by atoms with E-state index in [-0.39, 0.29) is 0 Å². The monoisotopic (exact) mass is 545 g/mol. The van der Waals surface area contributed by atoms with Crippen molar-refractivity contribution in [1.82, 2.24) is 45.1 Å². The molecule has 0 aliphatic heterocycles. The predicted molar refractivity (Wildman–Crippen MR) is 159 cm³/mol. The van der Waals surface area contributed by atoms with Crippen molar-refractivity contribution in [1.29, 1.82) is 0 Å². The molecular formula is C29H43N11. The maximum Gasteiger partial charge on any atom is 0.225 e. The van der Waals surface area contributed by atoms with Crippen LogP contribution in [0.2, 0.25) is 0 Å². The summed E-state index contributed by atoms with van der Waals surface area (Å²) in [6.07, 6.45) is 17.7. The molecule has 1 fully saturated rings. The third-order valence-corrected chi connectivity index (χ3v) is 7.37. The number of para-hydroxylation sites is 1. The van der Waals surface area contributed by atoms with Crippen molar-refractivity contribution >= 4 is 22.7 Å². The van der Waals surface area contributed by atoms with Crippen molar-refractivity contribution < 1.29 is 0 Å². The number of imidazole rings is 1. The van der Waals surface area contributed by atoms with Crippen molar-refractivity contribution in [2.24, 2.45) is 0 Å². The second-order valence-electron chi connectivity index (χ2n) is 10.6. The number of nitrogens with one attached hydrogen (secondary N) is 4. The summed E-state index contributed by atoms with van der Waals surface area (Å²) in [5, 5.41) is 23.7. The summed E-state index contributed by atoms with van der Waals surface area (Å²) in [7, 11) is 0. The van der Waals surface area contributed by atoms with Crippen LogP contribution in [0.1, 0.15) is 57.1 Å². The summed E-state index contributed by atoms with van der Waals surface area (Å²) >= 11 is 0. The molecule has 1 aliphatic rings. The van der Waals surface area contributed by atoms with Gasteiger partial charge in [-0.2, -0.15) is 4.98 Å².